The lowest BCUT2D eigenvalue weighted by Gasteiger charge is -2.10. The highest BCUT2D eigenvalue weighted by molar-refractivity contribution is 5.54. The van der Waals surface area contributed by atoms with Crippen LogP contribution < -0.4 is 9.47 Å². The summed E-state index contributed by atoms with van der Waals surface area (Å²) in [5.41, 5.74) is 0.944. The largest absolute Gasteiger partial charge is 0.457 e. The molecule has 22 heavy (non-hydrogen) atoms. The van der Waals surface area contributed by atoms with Gasteiger partial charge in [-0.2, -0.15) is 0 Å². The molecule has 2 heteroatoms. The van der Waals surface area contributed by atoms with Gasteiger partial charge in [0.25, 0.3) is 0 Å². The molecule has 0 aliphatic rings. The second-order valence-corrected chi connectivity index (χ2v) is 4.77. The highest BCUT2D eigenvalue weighted by Gasteiger charge is 2.04. The summed E-state index contributed by atoms with van der Waals surface area (Å²) in [6.07, 6.45) is 1.77. The van der Waals surface area contributed by atoms with Crippen molar-refractivity contribution in [1.29, 1.82) is 0 Å². The summed E-state index contributed by atoms with van der Waals surface area (Å²) in [5, 5.41) is 0. The Morgan fingerprint density at radius 1 is 0.591 bits per heavy atom. The molecule has 3 rings (SSSR count). The summed E-state index contributed by atoms with van der Waals surface area (Å²) in [6, 6.07) is 25.0. The van der Waals surface area contributed by atoms with Gasteiger partial charge in [0.05, 0.1) is 0 Å². The molecule has 108 valence electrons. The van der Waals surface area contributed by atoms with Gasteiger partial charge in [-0.1, -0.05) is 49.1 Å². The van der Waals surface area contributed by atoms with Crippen molar-refractivity contribution in [2.75, 3.05) is 0 Å². The third-order valence-electron chi connectivity index (χ3n) is 3.10. The van der Waals surface area contributed by atoms with Crippen LogP contribution in [0.2, 0.25) is 0 Å². The van der Waals surface area contributed by atoms with Crippen LogP contribution in [0.5, 0.6) is 23.0 Å². The number of hydrogen-bond acceptors (Lipinski definition) is 2. The second-order valence-electron chi connectivity index (χ2n) is 4.77. The highest BCUT2D eigenvalue weighted by Crippen LogP contribution is 2.30. The van der Waals surface area contributed by atoms with E-state index in [1.807, 2.05) is 78.9 Å². The average molecular weight is 288 g/mol. The number of ether oxygens (including phenoxy) is 2. The predicted molar refractivity (Wildman–Crippen MR) is 89.6 cm³/mol. The fourth-order valence-corrected chi connectivity index (χ4v) is 2.08. The Bertz CT molecular complexity index is 689. The summed E-state index contributed by atoms with van der Waals surface area (Å²) in [4.78, 5) is 0. The molecule has 0 unspecified atom stereocenters. The first-order valence-corrected chi connectivity index (χ1v) is 7.07. The smallest absolute Gasteiger partial charge is 0.131 e. The van der Waals surface area contributed by atoms with E-state index in [9.17, 15) is 0 Å². The monoisotopic (exact) mass is 288 g/mol. The van der Waals surface area contributed by atoms with E-state index in [0.717, 1.165) is 28.6 Å². The minimum atomic E-state index is 0.717. The normalized spacial score (nSPS) is 10.0. The van der Waals surface area contributed by atoms with Crippen LogP contribution in [0.25, 0.3) is 6.08 Å². The first kappa shape index (κ1) is 14.0. The minimum absolute atomic E-state index is 0.717. The SMILES string of the molecule is C=Cc1cc(Oc2ccccc2)cc(Oc2ccccc2)c1. The van der Waals surface area contributed by atoms with Crippen LogP contribution >= 0.6 is 0 Å². The average Bonchev–Trinajstić information content (AvgIpc) is 2.56. The standard InChI is InChI=1S/C20H16O2/c1-2-16-13-19(21-17-9-5-3-6-10-17)15-20(14-16)22-18-11-7-4-8-12-18/h2-15H,1H2. The number of benzene rings is 3. The first-order valence-electron chi connectivity index (χ1n) is 7.07. The van der Waals surface area contributed by atoms with Gasteiger partial charge in [-0.05, 0) is 42.0 Å². The molecule has 3 aromatic rings. The summed E-state index contributed by atoms with van der Waals surface area (Å²) in [7, 11) is 0. The molecule has 0 bridgehead atoms. The van der Waals surface area contributed by atoms with Gasteiger partial charge in [-0.25, -0.2) is 0 Å². The molecule has 0 aromatic heterocycles. The Hall–Kier alpha value is -3.00. The van der Waals surface area contributed by atoms with E-state index in [4.69, 9.17) is 9.47 Å². The van der Waals surface area contributed by atoms with Gasteiger partial charge in [0, 0.05) is 6.07 Å². The molecule has 0 spiro atoms. The molecule has 2 nitrogen and oxygen atoms in total. The molecule has 0 radical (unpaired) electrons. The number of para-hydroxylation sites is 2. The van der Waals surface area contributed by atoms with Crippen LogP contribution in [0.15, 0.2) is 85.4 Å². The van der Waals surface area contributed by atoms with Crippen LogP contribution in [0.3, 0.4) is 0 Å². The zero-order chi connectivity index (χ0) is 15.2. The third-order valence-corrected chi connectivity index (χ3v) is 3.10. The Morgan fingerprint density at radius 3 is 1.45 bits per heavy atom. The van der Waals surface area contributed by atoms with Crippen LogP contribution in [-0.4, -0.2) is 0 Å². The summed E-state index contributed by atoms with van der Waals surface area (Å²) in [6.45, 7) is 3.82. The summed E-state index contributed by atoms with van der Waals surface area (Å²) in [5.74, 6) is 3.01. The molecule has 0 aliphatic heterocycles. The maximum atomic E-state index is 5.87. The van der Waals surface area contributed by atoms with E-state index >= 15 is 0 Å². The molecule has 0 saturated heterocycles. The molecule has 0 heterocycles. The summed E-state index contributed by atoms with van der Waals surface area (Å²) >= 11 is 0. The first-order chi connectivity index (χ1) is 10.8. The van der Waals surface area contributed by atoms with Crippen molar-refractivity contribution in [3.63, 3.8) is 0 Å². The maximum Gasteiger partial charge on any atom is 0.131 e. The predicted octanol–water partition coefficient (Wildman–Crippen LogP) is 5.91. The van der Waals surface area contributed by atoms with Crippen molar-refractivity contribution in [2.24, 2.45) is 0 Å². The van der Waals surface area contributed by atoms with Crippen molar-refractivity contribution >= 4 is 6.08 Å². The minimum Gasteiger partial charge on any atom is -0.457 e. The van der Waals surface area contributed by atoms with E-state index in [1.165, 1.54) is 0 Å². The Morgan fingerprint density at radius 2 is 1.05 bits per heavy atom. The Kier molecular flexibility index (Phi) is 4.21. The van der Waals surface area contributed by atoms with Crippen molar-refractivity contribution < 1.29 is 9.47 Å². The zero-order valence-corrected chi connectivity index (χ0v) is 12.1. The van der Waals surface area contributed by atoms with Gasteiger partial charge >= 0.3 is 0 Å². The van der Waals surface area contributed by atoms with Crippen LogP contribution in [0.4, 0.5) is 0 Å². The van der Waals surface area contributed by atoms with Gasteiger partial charge < -0.3 is 9.47 Å². The Balaban J connectivity index is 1.87. The summed E-state index contributed by atoms with van der Waals surface area (Å²) < 4.78 is 11.7. The van der Waals surface area contributed by atoms with Gasteiger partial charge in [0.2, 0.25) is 0 Å². The molecule has 0 amide bonds. The van der Waals surface area contributed by atoms with Gasteiger partial charge in [-0.3, -0.25) is 0 Å². The highest BCUT2D eigenvalue weighted by atomic mass is 16.5. The lowest BCUT2D eigenvalue weighted by Crippen LogP contribution is -1.88. The Labute approximate surface area is 130 Å². The van der Waals surface area contributed by atoms with E-state index in [2.05, 4.69) is 6.58 Å². The topological polar surface area (TPSA) is 18.5 Å². The zero-order valence-electron chi connectivity index (χ0n) is 12.1. The fraction of sp³-hybridized carbons (Fsp3) is 0. The molecule has 0 N–H and O–H groups in total. The fourth-order valence-electron chi connectivity index (χ4n) is 2.08. The molecule has 0 atom stereocenters. The molecular formula is C20H16O2. The van der Waals surface area contributed by atoms with Crippen molar-refractivity contribution in [1.82, 2.24) is 0 Å². The number of hydrogen-bond donors (Lipinski definition) is 0. The van der Waals surface area contributed by atoms with Gasteiger partial charge in [0.15, 0.2) is 0 Å². The quantitative estimate of drug-likeness (QED) is 0.580. The van der Waals surface area contributed by atoms with Crippen LogP contribution in [-0.2, 0) is 0 Å². The van der Waals surface area contributed by atoms with Gasteiger partial charge in [-0.15, -0.1) is 0 Å². The van der Waals surface area contributed by atoms with Crippen molar-refractivity contribution in [3.05, 3.63) is 91.0 Å². The van der Waals surface area contributed by atoms with E-state index in [1.54, 1.807) is 6.08 Å². The molecule has 0 saturated carbocycles. The molecule has 3 aromatic carbocycles. The van der Waals surface area contributed by atoms with E-state index in [-0.39, 0.29) is 0 Å². The third kappa shape index (κ3) is 3.55. The lowest BCUT2D eigenvalue weighted by atomic mass is 10.2. The second kappa shape index (κ2) is 6.64. The van der Waals surface area contributed by atoms with Crippen LogP contribution in [0.1, 0.15) is 5.56 Å². The van der Waals surface area contributed by atoms with E-state index < -0.39 is 0 Å². The van der Waals surface area contributed by atoms with E-state index in [0.29, 0.717) is 0 Å². The lowest BCUT2D eigenvalue weighted by molar-refractivity contribution is 0.460. The molecular weight excluding hydrogens is 272 g/mol. The van der Waals surface area contributed by atoms with Crippen molar-refractivity contribution in [3.8, 4) is 23.0 Å². The van der Waals surface area contributed by atoms with Gasteiger partial charge in [0.1, 0.15) is 23.0 Å². The molecule has 0 fully saturated rings. The van der Waals surface area contributed by atoms with Crippen LogP contribution in [0, 0.1) is 0 Å². The molecule has 0 aliphatic carbocycles. The maximum absolute atomic E-state index is 5.87. The van der Waals surface area contributed by atoms with Crippen molar-refractivity contribution in [2.45, 2.75) is 0 Å². The number of rotatable bonds is 5.